The Morgan fingerprint density at radius 3 is 2.83 bits per heavy atom. The molecule has 1 aromatic heterocycles. The number of nitrogens with zero attached hydrogens (tertiary/aromatic N) is 3. The third-order valence-electron chi connectivity index (χ3n) is 5.75. The number of fused-ring (bicyclic) bond motifs is 2. The van der Waals surface area contributed by atoms with Gasteiger partial charge in [0, 0.05) is 37.6 Å². The Kier molecular flexibility index (Phi) is 6.31. The van der Waals surface area contributed by atoms with Crippen molar-refractivity contribution in [3.63, 3.8) is 0 Å². The number of aromatic nitrogens is 2. The van der Waals surface area contributed by atoms with E-state index >= 15 is 0 Å². The minimum absolute atomic E-state index is 0.0412. The summed E-state index contributed by atoms with van der Waals surface area (Å²) in [6.07, 6.45) is 6.44. The van der Waals surface area contributed by atoms with Gasteiger partial charge in [0.05, 0.1) is 11.5 Å². The summed E-state index contributed by atoms with van der Waals surface area (Å²) in [5.74, 6) is 0.146. The highest BCUT2D eigenvalue weighted by atomic mass is 16.3. The lowest BCUT2D eigenvalue weighted by Gasteiger charge is -2.34. The first-order valence-corrected chi connectivity index (χ1v) is 9.84. The first kappa shape index (κ1) is 20.6. The maximum atomic E-state index is 13.0. The molecular formula is C21H26N4O4. The summed E-state index contributed by atoms with van der Waals surface area (Å²) in [5.41, 5.74) is 1.34. The standard InChI is InChI=1S/C20H24N4O2.CH2O2/c1-2-6-17-20(15-7-3-4-8-16(15)22-19(20)26)10-14-24(17)18(25)9-13-23-12-5-11-21-23;2-1-3/h3-5,7-8,11-12,17H,2,6,9-10,13-14H2,1H3,(H,22,26);1H,(H,2,3)/t17-,20+;/m0./s1. The highest BCUT2D eigenvalue weighted by molar-refractivity contribution is 6.07. The molecule has 0 bridgehead atoms. The van der Waals surface area contributed by atoms with E-state index in [2.05, 4.69) is 17.3 Å². The number of rotatable bonds is 5. The molecule has 0 radical (unpaired) electrons. The summed E-state index contributed by atoms with van der Waals surface area (Å²) in [6.45, 7) is 3.05. The molecule has 2 N–H and O–H groups in total. The van der Waals surface area contributed by atoms with Crippen LogP contribution in [0, 0.1) is 0 Å². The number of anilines is 1. The summed E-state index contributed by atoms with van der Waals surface area (Å²) in [4.78, 5) is 36.2. The average molecular weight is 398 g/mol. The highest BCUT2D eigenvalue weighted by Crippen LogP contribution is 2.49. The number of carbonyl (C=O) groups excluding carboxylic acids is 2. The summed E-state index contributed by atoms with van der Waals surface area (Å²) >= 11 is 0. The summed E-state index contributed by atoms with van der Waals surface area (Å²) in [7, 11) is 0. The molecule has 0 aliphatic carbocycles. The Hall–Kier alpha value is -3.16. The molecule has 2 aromatic rings. The monoisotopic (exact) mass is 398 g/mol. The summed E-state index contributed by atoms with van der Waals surface area (Å²) < 4.78 is 1.77. The number of hydrogen-bond donors (Lipinski definition) is 2. The first-order valence-electron chi connectivity index (χ1n) is 9.84. The van der Waals surface area contributed by atoms with Crippen LogP contribution in [0.1, 0.15) is 38.2 Å². The normalized spacial score (nSPS) is 22.0. The lowest BCUT2D eigenvalue weighted by molar-refractivity contribution is -0.133. The van der Waals surface area contributed by atoms with Crippen molar-refractivity contribution in [2.75, 3.05) is 11.9 Å². The molecule has 1 spiro atoms. The van der Waals surface area contributed by atoms with Crippen molar-refractivity contribution in [3.05, 3.63) is 48.3 Å². The van der Waals surface area contributed by atoms with Crippen LogP contribution in [0.3, 0.4) is 0 Å². The zero-order valence-electron chi connectivity index (χ0n) is 16.5. The van der Waals surface area contributed by atoms with E-state index in [4.69, 9.17) is 9.90 Å². The maximum Gasteiger partial charge on any atom is 0.290 e. The van der Waals surface area contributed by atoms with Crippen LogP contribution in [-0.2, 0) is 26.3 Å². The number of carboxylic acid groups (broad SMARTS) is 1. The number of benzene rings is 1. The minimum Gasteiger partial charge on any atom is -0.483 e. The van der Waals surface area contributed by atoms with E-state index in [0.717, 1.165) is 24.1 Å². The Morgan fingerprint density at radius 1 is 1.38 bits per heavy atom. The zero-order chi connectivity index (χ0) is 20.9. The Morgan fingerprint density at radius 2 is 2.14 bits per heavy atom. The van der Waals surface area contributed by atoms with E-state index in [1.54, 1.807) is 10.9 Å². The smallest absolute Gasteiger partial charge is 0.290 e. The summed E-state index contributed by atoms with van der Waals surface area (Å²) in [5, 5.41) is 14.1. The maximum absolute atomic E-state index is 13.0. The van der Waals surface area contributed by atoms with Crippen molar-refractivity contribution in [1.82, 2.24) is 14.7 Å². The molecule has 8 nitrogen and oxygen atoms in total. The van der Waals surface area contributed by atoms with E-state index < -0.39 is 5.41 Å². The van der Waals surface area contributed by atoms with Gasteiger partial charge in [0.2, 0.25) is 11.8 Å². The Bertz CT molecular complexity index is 867. The van der Waals surface area contributed by atoms with Crippen LogP contribution in [0.5, 0.6) is 0 Å². The van der Waals surface area contributed by atoms with Gasteiger partial charge in [0.15, 0.2) is 0 Å². The van der Waals surface area contributed by atoms with Gasteiger partial charge < -0.3 is 15.3 Å². The fourth-order valence-electron chi connectivity index (χ4n) is 4.56. The molecule has 1 aromatic carbocycles. The van der Waals surface area contributed by atoms with Gasteiger partial charge in [-0.1, -0.05) is 31.5 Å². The van der Waals surface area contributed by atoms with Gasteiger partial charge in [0.25, 0.3) is 6.47 Å². The predicted molar refractivity (Wildman–Crippen MR) is 107 cm³/mol. The van der Waals surface area contributed by atoms with Gasteiger partial charge in [-0.15, -0.1) is 0 Å². The molecular weight excluding hydrogens is 372 g/mol. The van der Waals surface area contributed by atoms with Crippen molar-refractivity contribution in [2.45, 2.75) is 50.6 Å². The largest absolute Gasteiger partial charge is 0.483 e. The Labute approximate surface area is 169 Å². The number of aryl methyl sites for hydroxylation is 1. The number of carbonyl (C=O) groups is 3. The minimum atomic E-state index is -0.603. The van der Waals surface area contributed by atoms with E-state index in [0.29, 0.717) is 25.9 Å². The molecule has 8 heteroatoms. The molecule has 2 amide bonds. The fraction of sp³-hybridized carbons (Fsp3) is 0.429. The van der Waals surface area contributed by atoms with Crippen molar-refractivity contribution in [1.29, 1.82) is 0 Å². The van der Waals surface area contributed by atoms with Crippen molar-refractivity contribution >= 4 is 24.0 Å². The second-order valence-corrected chi connectivity index (χ2v) is 7.24. The third-order valence-corrected chi connectivity index (χ3v) is 5.75. The average Bonchev–Trinajstić information content (AvgIpc) is 3.42. The lowest BCUT2D eigenvalue weighted by Crippen LogP contribution is -2.48. The molecule has 2 aliphatic rings. The van der Waals surface area contributed by atoms with Crippen LogP contribution in [0.25, 0.3) is 0 Å². The van der Waals surface area contributed by atoms with Crippen molar-refractivity contribution in [2.24, 2.45) is 0 Å². The lowest BCUT2D eigenvalue weighted by atomic mass is 9.73. The first-order chi connectivity index (χ1) is 14.1. The summed E-state index contributed by atoms with van der Waals surface area (Å²) in [6, 6.07) is 9.68. The SMILES string of the molecule is CCC[C@@H]1N(C(=O)CCn2cccn2)CC[C@]12C(=O)Nc1ccccc12.O=CO. The molecule has 2 aliphatic heterocycles. The van der Waals surface area contributed by atoms with Gasteiger partial charge in [-0.3, -0.25) is 19.1 Å². The third kappa shape index (κ3) is 3.74. The Balaban J connectivity index is 0.000000755. The van der Waals surface area contributed by atoms with Gasteiger partial charge in [-0.2, -0.15) is 5.10 Å². The van der Waals surface area contributed by atoms with Gasteiger partial charge in [-0.05, 0) is 30.5 Å². The second kappa shape index (κ2) is 8.89. The molecule has 29 heavy (non-hydrogen) atoms. The number of likely N-dealkylation sites (tertiary alicyclic amines) is 1. The van der Waals surface area contributed by atoms with E-state index in [1.165, 1.54) is 0 Å². The van der Waals surface area contributed by atoms with Gasteiger partial charge >= 0.3 is 0 Å². The van der Waals surface area contributed by atoms with Crippen LogP contribution in [0.15, 0.2) is 42.7 Å². The van der Waals surface area contributed by atoms with Gasteiger partial charge in [0.1, 0.15) is 0 Å². The van der Waals surface area contributed by atoms with Crippen LogP contribution in [-0.4, -0.2) is 50.7 Å². The molecule has 3 heterocycles. The van der Waals surface area contributed by atoms with Gasteiger partial charge in [-0.25, -0.2) is 0 Å². The van der Waals surface area contributed by atoms with E-state index in [1.807, 2.05) is 41.4 Å². The molecule has 1 fully saturated rings. The van der Waals surface area contributed by atoms with E-state index in [-0.39, 0.29) is 24.3 Å². The van der Waals surface area contributed by atoms with Crippen molar-refractivity contribution in [3.8, 4) is 0 Å². The highest BCUT2D eigenvalue weighted by Gasteiger charge is 2.58. The number of hydrogen-bond acceptors (Lipinski definition) is 4. The van der Waals surface area contributed by atoms with Crippen LogP contribution in [0.4, 0.5) is 5.69 Å². The molecule has 2 atom stereocenters. The molecule has 1 saturated heterocycles. The molecule has 0 unspecified atom stereocenters. The topological polar surface area (TPSA) is 105 Å². The fourth-order valence-corrected chi connectivity index (χ4v) is 4.56. The van der Waals surface area contributed by atoms with Crippen LogP contribution < -0.4 is 5.32 Å². The number of amides is 2. The van der Waals surface area contributed by atoms with Crippen molar-refractivity contribution < 1.29 is 19.5 Å². The predicted octanol–water partition coefficient (Wildman–Crippen LogP) is 2.27. The molecule has 4 rings (SSSR count). The second-order valence-electron chi connectivity index (χ2n) is 7.24. The number of para-hydroxylation sites is 1. The quantitative estimate of drug-likeness (QED) is 0.752. The van der Waals surface area contributed by atoms with Crippen LogP contribution >= 0.6 is 0 Å². The molecule has 154 valence electrons. The number of nitrogens with one attached hydrogen (secondary N) is 1. The zero-order valence-corrected chi connectivity index (χ0v) is 16.5. The van der Waals surface area contributed by atoms with Crippen LogP contribution in [0.2, 0.25) is 0 Å². The van der Waals surface area contributed by atoms with E-state index in [9.17, 15) is 9.59 Å². The molecule has 0 saturated carbocycles.